The van der Waals surface area contributed by atoms with E-state index in [2.05, 4.69) is 23.1 Å². The van der Waals surface area contributed by atoms with Crippen LogP contribution in [0, 0.1) is 5.92 Å². The highest BCUT2D eigenvalue weighted by atomic mass is 35.5. The minimum atomic E-state index is -0.304. The van der Waals surface area contributed by atoms with E-state index in [9.17, 15) is 4.79 Å². The van der Waals surface area contributed by atoms with Gasteiger partial charge in [0.25, 0.3) is 5.91 Å². The molecule has 2 atom stereocenters. The molecule has 3 N–H and O–H groups in total. The lowest BCUT2D eigenvalue weighted by Gasteiger charge is -2.30. The number of amides is 1. The van der Waals surface area contributed by atoms with E-state index in [1.807, 2.05) is 0 Å². The largest absolute Gasteiger partial charge is 0.358 e. The minimum absolute atomic E-state index is 0.304. The highest BCUT2D eigenvalue weighted by Gasteiger charge is 2.21. The van der Waals surface area contributed by atoms with Crippen LogP contribution in [0.5, 0.6) is 0 Å². The Kier molecular flexibility index (Phi) is 5.82. The summed E-state index contributed by atoms with van der Waals surface area (Å²) < 4.78 is 0. The monoisotopic (exact) mass is 325 g/mol. The van der Waals surface area contributed by atoms with Gasteiger partial charge in [-0.25, -0.2) is 0 Å². The molecule has 0 radical (unpaired) electrons. The quantitative estimate of drug-likeness (QED) is 0.578. The maximum absolute atomic E-state index is 12.0. The van der Waals surface area contributed by atoms with Crippen LogP contribution >= 0.6 is 23.8 Å². The number of hydrogen-bond acceptors (Lipinski definition) is 2. The Labute approximate surface area is 135 Å². The number of hydrogen-bond donors (Lipinski definition) is 3. The third-order valence-corrected chi connectivity index (χ3v) is 4.39. The fraction of sp³-hybridized carbons (Fsp3) is 0.467. The highest BCUT2D eigenvalue weighted by molar-refractivity contribution is 7.80. The first-order valence-electron chi connectivity index (χ1n) is 7.19. The van der Waals surface area contributed by atoms with Gasteiger partial charge in [-0.05, 0) is 43.1 Å². The number of thiocarbonyl (C=S) groups is 1. The zero-order valence-electron chi connectivity index (χ0n) is 12.0. The Balaban J connectivity index is 1.81. The topological polar surface area (TPSA) is 53.2 Å². The van der Waals surface area contributed by atoms with Gasteiger partial charge in [-0.1, -0.05) is 43.5 Å². The second-order valence-electron chi connectivity index (χ2n) is 5.40. The van der Waals surface area contributed by atoms with Crippen LogP contribution in [0.15, 0.2) is 24.3 Å². The van der Waals surface area contributed by atoms with Crippen molar-refractivity contribution >= 4 is 34.8 Å². The van der Waals surface area contributed by atoms with Gasteiger partial charge in [0.1, 0.15) is 0 Å². The lowest BCUT2D eigenvalue weighted by Crippen LogP contribution is -2.51. The Hall–Kier alpha value is -1.33. The van der Waals surface area contributed by atoms with Gasteiger partial charge in [0.05, 0.1) is 10.6 Å². The number of carbonyl (C=O) groups excluding carboxylic acids is 1. The molecule has 1 saturated carbocycles. The average Bonchev–Trinajstić information content (AvgIpc) is 2.48. The van der Waals surface area contributed by atoms with Gasteiger partial charge in [-0.3, -0.25) is 15.6 Å². The van der Waals surface area contributed by atoms with Crippen LogP contribution < -0.4 is 16.2 Å². The van der Waals surface area contributed by atoms with Gasteiger partial charge in [0.2, 0.25) is 0 Å². The Bertz CT molecular complexity index is 523. The molecule has 0 aromatic heterocycles. The summed E-state index contributed by atoms with van der Waals surface area (Å²) >= 11 is 11.2. The van der Waals surface area contributed by atoms with Crippen molar-refractivity contribution in [2.45, 2.75) is 38.6 Å². The fourth-order valence-electron chi connectivity index (χ4n) is 2.56. The smallest absolute Gasteiger partial charge is 0.271 e. The summed E-state index contributed by atoms with van der Waals surface area (Å²) in [6, 6.07) is 7.26. The second kappa shape index (κ2) is 7.61. The predicted octanol–water partition coefficient (Wildman–Crippen LogP) is 3.03. The molecule has 1 aromatic rings. The second-order valence-corrected chi connectivity index (χ2v) is 6.22. The first-order valence-corrected chi connectivity index (χ1v) is 7.98. The number of carbonyl (C=O) groups is 1. The van der Waals surface area contributed by atoms with E-state index in [1.54, 1.807) is 24.3 Å². The molecule has 1 aliphatic carbocycles. The van der Waals surface area contributed by atoms with Gasteiger partial charge < -0.3 is 5.32 Å². The lowest BCUT2D eigenvalue weighted by molar-refractivity contribution is 0.0943. The van der Waals surface area contributed by atoms with Crippen LogP contribution in [0.25, 0.3) is 0 Å². The molecule has 0 heterocycles. The van der Waals surface area contributed by atoms with Crippen molar-refractivity contribution < 1.29 is 4.79 Å². The van der Waals surface area contributed by atoms with Gasteiger partial charge in [0, 0.05) is 6.04 Å². The molecular formula is C15H20ClN3OS. The van der Waals surface area contributed by atoms with E-state index in [0.717, 1.165) is 6.42 Å². The maximum atomic E-state index is 12.0. The number of benzene rings is 1. The van der Waals surface area contributed by atoms with E-state index in [4.69, 9.17) is 23.8 Å². The summed E-state index contributed by atoms with van der Waals surface area (Å²) in [6.45, 7) is 2.22. The molecule has 0 bridgehead atoms. The van der Waals surface area contributed by atoms with Crippen LogP contribution in [0.1, 0.15) is 43.0 Å². The van der Waals surface area contributed by atoms with E-state index >= 15 is 0 Å². The molecule has 4 nitrogen and oxygen atoms in total. The molecule has 1 aliphatic rings. The summed E-state index contributed by atoms with van der Waals surface area (Å²) in [5.41, 5.74) is 5.72. The van der Waals surface area contributed by atoms with E-state index in [-0.39, 0.29) is 5.91 Å². The Morgan fingerprint density at radius 2 is 1.95 bits per heavy atom. The van der Waals surface area contributed by atoms with Gasteiger partial charge in [-0.15, -0.1) is 0 Å². The van der Waals surface area contributed by atoms with E-state index in [1.165, 1.54) is 19.3 Å². The summed E-state index contributed by atoms with van der Waals surface area (Å²) in [7, 11) is 0. The zero-order valence-corrected chi connectivity index (χ0v) is 13.6. The normalized spacial score (nSPS) is 21.4. The van der Waals surface area contributed by atoms with E-state index in [0.29, 0.717) is 27.7 Å². The van der Waals surface area contributed by atoms with Crippen LogP contribution in [0.4, 0.5) is 0 Å². The highest BCUT2D eigenvalue weighted by Crippen LogP contribution is 2.23. The van der Waals surface area contributed by atoms with Crippen molar-refractivity contribution in [3.8, 4) is 0 Å². The number of hydrazine groups is 1. The van der Waals surface area contributed by atoms with Crippen molar-refractivity contribution in [3.63, 3.8) is 0 Å². The molecule has 1 aromatic carbocycles. The third-order valence-electron chi connectivity index (χ3n) is 3.84. The number of nitrogens with one attached hydrogen (secondary N) is 3. The standard InChI is InChI=1S/C15H20ClN3OS/c1-10-6-2-5-9-13(10)17-15(21)19-18-14(20)11-7-3-4-8-12(11)16/h3-4,7-8,10,13H,2,5-6,9H2,1H3,(H,18,20)(H2,17,19,21)/t10-,13-/m0/s1. The molecule has 0 aliphatic heterocycles. The molecule has 21 heavy (non-hydrogen) atoms. The van der Waals surface area contributed by atoms with Crippen LogP contribution in [0.2, 0.25) is 5.02 Å². The molecule has 1 amide bonds. The number of rotatable bonds is 2. The molecule has 6 heteroatoms. The van der Waals surface area contributed by atoms with Crippen LogP contribution in [-0.2, 0) is 0 Å². The summed E-state index contributed by atoms with van der Waals surface area (Å²) in [5, 5.41) is 4.12. The van der Waals surface area contributed by atoms with Gasteiger partial charge in [0.15, 0.2) is 5.11 Å². The van der Waals surface area contributed by atoms with E-state index < -0.39 is 0 Å². The summed E-state index contributed by atoms with van der Waals surface area (Å²) in [4.78, 5) is 12.0. The third kappa shape index (κ3) is 4.58. The Morgan fingerprint density at radius 3 is 2.67 bits per heavy atom. The Morgan fingerprint density at radius 1 is 1.24 bits per heavy atom. The van der Waals surface area contributed by atoms with Gasteiger partial charge in [-0.2, -0.15) is 0 Å². The van der Waals surface area contributed by atoms with Crippen molar-refractivity contribution in [1.29, 1.82) is 0 Å². The predicted molar refractivity (Wildman–Crippen MR) is 89.2 cm³/mol. The molecule has 0 saturated heterocycles. The van der Waals surface area contributed by atoms with Gasteiger partial charge >= 0.3 is 0 Å². The fourth-order valence-corrected chi connectivity index (χ4v) is 2.99. The van der Waals surface area contributed by atoms with Crippen molar-refractivity contribution in [2.75, 3.05) is 0 Å². The molecular weight excluding hydrogens is 306 g/mol. The molecule has 2 rings (SSSR count). The SMILES string of the molecule is C[C@H]1CCCC[C@@H]1NC(=S)NNC(=O)c1ccccc1Cl. The van der Waals surface area contributed by atoms with Crippen LogP contribution in [-0.4, -0.2) is 17.1 Å². The van der Waals surface area contributed by atoms with Crippen molar-refractivity contribution in [1.82, 2.24) is 16.2 Å². The molecule has 0 unspecified atom stereocenters. The zero-order chi connectivity index (χ0) is 15.2. The average molecular weight is 326 g/mol. The first-order chi connectivity index (χ1) is 10.1. The van der Waals surface area contributed by atoms with Crippen molar-refractivity contribution in [2.24, 2.45) is 5.92 Å². The first kappa shape index (κ1) is 16.0. The number of halogens is 1. The van der Waals surface area contributed by atoms with Crippen molar-refractivity contribution in [3.05, 3.63) is 34.9 Å². The van der Waals surface area contributed by atoms with Crippen LogP contribution in [0.3, 0.4) is 0 Å². The molecule has 0 spiro atoms. The molecule has 114 valence electrons. The lowest BCUT2D eigenvalue weighted by atomic mass is 9.86. The summed E-state index contributed by atoms with van der Waals surface area (Å²) in [6.07, 6.45) is 4.83. The maximum Gasteiger partial charge on any atom is 0.271 e. The minimum Gasteiger partial charge on any atom is -0.358 e. The summed E-state index contributed by atoms with van der Waals surface area (Å²) in [5.74, 6) is 0.291. The molecule has 1 fully saturated rings.